The van der Waals surface area contributed by atoms with E-state index in [-0.39, 0.29) is 5.91 Å². The zero-order valence-corrected chi connectivity index (χ0v) is 14.3. The Balaban J connectivity index is 1.53. The number of nitrogens with one attached hydrogen (secondary N) is 1. The Morgan fingerprint density at radius 2 is 2.26 bits per heavy atom. The molecule has 1 aliphatic rings. The molecule has 0 aliphatic carbocycles. The molecule has 2 aromatic heterocycles. The second-order valence-corrected chi connectivity index (χ2v) is 6.89. The average molecular weight is 332 g/mol. The van der Waals surface area contributed by atoms with Gasteiger partial charge < -0.3 is 14.6 Å². The lowest BCUT2D eigenvalue weighted by Gasteiger charge is -2.34. The summed E-state index contributed by atoms with van der Waals surface area (Å²) in [6, 6.07) is 6.63. The predicted molar refractivity (Wildman–Crippen MR) is 92.7 cm³/mol. The lowest BCUT2D eigenvalue weighted by molar-refractivity contribution is 0.0669. The van der Waals surface area contributed by atoms with E-state index in [2.05, 4.69) is 29.1 Å². The largest absolute Gasteiger partial charge is 0.459 e. The van der Waals surface area contributed by atoms with Crippen molar-refractivity contribution in [3.05, 3.63) is 46.5 Å². The third-order valence-electron chi connectivity index (χ3n) is 4.47. The molecule has 0 bridgehead atoms. The van der Waals surface area contributed by atoms with Crippen molar-refractivity contribution in [2.75, 3.05) is 13.1 Å². The Morgan fingerprint density at radius 3 is 2.87 bits per heavy atom. The summed E-state index contributed by atoms with van der Waals surface area (Å²) in [7, 11) is 0. The van der Waals surface area contributed by atoms with Gasteiger partial charge in [-0.15, -0.1) is 0 Å². The average Bonchev–Trinajstić information content (AvgIpc) is 3.28. The molecule has 0 aromatic carbocycles. The second-order valence-electron chi connectivity index (χ2n) is 6.11. The van der Waals surface area contributed by atoms with Crippen LogP contribution in [0.15, 0.2) is 39.6 Å². The lowest BCUT2D eigenvalue weighted by atomic mass is 9.99. The number of carbonyl (C=O) groups excluding carboxylic acids is 1. The Labute approximate surface area is 141 Å². The van der Waals surface area contributed by atoms with Crippen LogP contribution in [0.4, 0.5) is 0 Å². The van der Waals surface area contributed by atoms with E-state index in [1.807, 2.05) is 4.90 Å². The maximum Gasteiger partial charge on any atom is 0.289 e. The Morgan fingerprint density at radius 1 is 1.43 bits per heavy atom. The second kappa shape index (κ2) is 7.79. The summed E-state index contributed by atoms with van der Waals surface area (Å²) >= 11 is 1.76. The first kappa shape index (κ1) is 16.3. The van der Waals surface area contributed by atoms with Crippen LogP contribution in [-0.4, -0.2) is 29.9 Å². The molecule has 23 heavy (non-hydrogen) atoms. The van der Waals surface area contributed by atoms with Crippen LogP contribution in [-0.2, 0) is 0 Å². The standard InChI is InChI=1S/C18H24N2O2S/c1-2-4-16(14-8-12-23-13-14)19-15-6-9-20(10-7-15)18(21)17-5-3-11-22-17/h3,5,8,11-13,15-16,19H,2,4,6-7,9-10H2,1H3. The van der Waals surface area contributed by atoms with Crippen LogP contribution in [0.1, 0.15) is 54.8 Å². The predicted octanol–water partition coefficient (Wildman–Crippen LogP) is 4.08. The number of furan rings is 1. The fourth-order valence-corrected chi connectivity index (χ4v) is 3.91. The summed E-state index contributed by atoms with van der Waals surface area (Å²) in [5.74, 6) is 0.454. The van der Waals surface area contributed by atoms with Gasteiger partial charge in [0.05, 0.1) is 6.26 Å². The van der Waals surface area contributed by atoms with E-state index >= 15 is 0 Å². The molecule has 0 saturated carbocycles. The fraction of sp³-hybridized carbons (Fsp3) is 0.500. The molecular weight excluding hydrogens is 308 g/mol. The zero-order chi connectivity index (χ0) is 16.1. The lowest BCUT2D eigenvalue weighted by Crippen LogP contribution is -2.45. The van der Waals surface area contributed by atoms with E-state index in [0.29, 0.717) is 17.8 Å². The highest BCUT2D eigenvalue weighted by atomic mass is 32.1. The highest BCUT2D eigenvalue weighted by Crippen LogP contribution is 2.24. The number of nitrogens with zero attached hydrogens (tertiary/aromatic N) is 1. The summed E-state index contributed by atoms with van der Waals surface area (Å²) in [5.41, 5.74) is 1.39. The van der Waals surface area contributed by atoms with Crippen LogP contribution < -0.4 is 5.32 Å². The summed E-state index contributed by atoms with van der Waals surface area (Å²) in [5, 5.41) is 8.18. The van der Waals surface area contributed by atoms with Crippen molar-refractivity contribution in [1.29, 1.82) is 0 Å². The van der Waals surface area contributed by atoms with E-state index < -0.39 is 0 Å². The van der Waals surface area contributed by atoms with Crippen LogP contribution in [0, 0.1) is 0 Å². The third-order valence-corrected chi connectivity index (χ3v) is 5.18. The number of rotatable bonds is 6. The van der Waals surface area contributed by atoms with E-state index in [0.717, 1.165) is 32.4 Å². The molecule has 2 aromatic rings. The Kier molecular flexibility index (Phi) is 5.51. The van der Waals surface area contributed by atoms with Crippen LogP contribution in [0.25, 0.3) is 0 Å². The summed E-state index contributed by atoms with van der Waals surface area (Å²) in [6.07, 6.45) is 5.87. The number of hydrogen-bond donors (Lipinski definition) is 1. The van der Waals surface area contributed by atoms with Crippen LogP contribution >= 0.6 is 11.3 Å². The van der Waals surface area contributed by atoms with Crippen molar-refractivity contribution >= 4 is 17.2 Å². The minimum atomic E-state index is 0.0105. The summed E-state index contributed by atoms with van der Waals surface area (Å²) in [4.78, 5) is 14.2. The molecule has 1 unspecified atom stereocenters. The van der Waals surface area contributed by atoms with Crippen LogP contribution in [0.2, 0.25) is 0 Å². The van der Waals surface area contributed by atoms with Gasteiger partial charge in [-0.25, -0.2) is 0 Å². The fourth-order valence-electron chi connectivity index (χ4n) is 3.20. The van der Waals surface area contributed by atoms with Crippen molar-refractivity contribution in [3.8, 4) is 0 Å². The van der Waals surface area contributed by atoms with Gasteiger partial charge in [0.15, 0.2) is 5.76 Å². The molecular formula is C18H24N2O2S. The van der Waals surface area contributed by atoms with Gasteiger partial charge in [-0.1, -0.05) is 13.3 Å². The molecule has 4 nitrogen and oxygen atoms in total. The van der Waals surface area contributed by atoms with Crippen molar-refractivity contribution in [2.24, 2.45) is 0 Å². The monoisotopic (exact) mass is 332 g/mol. The van der Waals surface area contributed by atoms with Gasteiger partial charge in [0.25, 0.3) is 5.91 Å². The number of likely N-dealkylation sites (tertiary alicyclic amines) is 1. The minimum Gasteiger partial charge on any atom is -0.459 e. The molecule has 1 N–H and O–H groups in total. The van der Waals surface area contributed by atoms with Crippen molar-refractivity contribution in [3.63, 3.8) is 0 Å². The topological polar surface area (TPSA) is 45.5 Å². The number of thiophene rings is 1. The van der Waals surface area contributed by atoms with E-state index in [4.69, 9.17) is 4.42 Å². The van der Waals surface area contributed by atoms with Crippen molar-refractivity contribution in [2.45, 2.75) is 44.7 Å². The smallest absolute Gasteiger partial charge is 0.289 e. The molecule has 1 amide bonds. The summed E-state index contributed by atoms with van der Waals surface area (Å²) in [6.45, 7) is 3.81. The van der Waals surface area contributed by atoms with Gasteiger partial charge in [-0.2, -0.15) is 11.3 Å². The molecule has 1 saturated heterocycles. The first-order valence-corrected chi connectivity index (χ1v) is 9.33. The SMILES string of the molecule is CCCC(NC1CCN(C(=O)c2ccco2)CC1)c1ccsc1. The summed E-state index contributed by atoms with van der Waals surface area (Å²) < 4.78 is 5.22. The maximum absolute atomic E-state index is 12.3. The number of hydrogen-bond acceptors (Lipinski definition) is 4. The molecule has 1 aliphatic heterocycles. The molecule has 3 rings (SSSR count). The van der Waals surface area contributed by atoms with Gasteiger partial charge in [0.1, 0.15) is 0 Å². The van der Waals surface area contributed by atoms with Crippen LogP contribution in [0.5, 0.6) is 0 Å². The van der Waals surface area contributed by atoms with E-state index in [1.165, 1.54) is 12.0 Å². The number of carbonyl (C=O) groups is 1. The third kappa shape index (κ3) is 4.03. The highest BCUT2D eigenvalue weighted by molar-refractivity contribution is 7.07. The van der Waals surface area contributed by atoms with Gasteiger partial charge in [-0.3, -0.25) is 4.79 Å². The normalized spacial score (nSPS) is 17.3. The quantitative estimate of drug-likeness (QED) is 0.867. The first-order valence-electron chi connectivity index (χ1n) is 8.39. The number of amides is 1. The highest BCUT2D eigenvalue weighted by Gasteiger charge is 2.26. The van der Waals surface area contributed by atoms with Gasteiger partial charge in [-0.05, 0) is 53.8 Å². The first-order chi connectivity index (χ1) is 11.3. The van der Waals surface area contributed by atoms with E-state index in [1.54, 1.807) is 29.7 Å². The molecule has 1 atom stereocenters. The molecule has 124 valence electrons. The van der Waals surface area contributed by atoms with E-state index in [9.17, 15) is 4.79 Å². The number of piperidine rings is 1. The maximum atomic E-state index is 12.3. The Hall–Kier alpha value is -1.59. The van der Waals surface area contributed by atoms with Crippen LogP contribution in [0.3, 0.4) is 0 Å². The molecule has 3 heterocycles. The molecule has 5 heteroatoms. The Bertz CT molecular complexity index is 587. The van der Waals surface area contributed by atoms with Crippen molar-refractivity contribution < 1.29 is 9.21 Å². The zero-order valence-electron chi connectivity index (χ0n) is 13.5. The van der Waals surface area contributed by atoms with Gasteiger partial charge >= 0.3 is 0 Å². The molecule has 0 spiro atoms. The minimum absolute atomic E-state index is 0.0105. The molecule has 1 fully saturated rings. The van der Waals surface area contributed by atoms with Crippen molar-refractivity contribution in [1.82, 2.24) is 10.2 Å². The van der Waals surface area contributed by atoms with Gasteiger partial charge in [0.2, 0.25) is 0 Å². The van der Waals surface area contributed by atoms with Gasteiger partial charge in [0, 0.05) is 25.2 Å². The molecule has 0 radical (unpaired) electrons.